The molecule has 0 bridgehead atoms. The molecular formula is C28H26ClF2N3O3. The Bertz CT molecular complexity index is 1450. The number of rotatable bonds is 7. The molecule has 0 spiro atoms. The maximum atomic E-state index is 13.8. The lowest BCUT2D eigenvalue weighted by Gasteiger charge is -2.28. The molecule has 1 unspecified atom stereocenters. The van der Waals surface area contributed by atoms with Gasteiger partial charge in [-0.1, -0.05) is 37.6 Å². The van der Waals surface area contributed by atoms with Crippen LogP contribution in [0.15, 0.2) is 66.9 Å². The normalized spacial score (nSPS) is 12.3. The molecule has 9 heteroatoms. The number of anilines is 1. The van der Waals surface area contributed by atoms with Crippen molar-refractivity contribution in [3.8, 4) is 11.4 Å². The number of carbonyl (C=O) groups is 1. The molecule has 0 radical (unpaired) electrons. The highest BCUT2D eigenvalue weighted by Crippen LogP contribution is 2.37. The van der Waals surface area contributed by atoms with Crippen molar-refractivity contribution in [3.05, 3.63) is 106 Å². The molecule has 2 N–H and O–H groups in total. The van der Waals surface area contributed by atoms with Crippen LogP contribution in [0.4, 0.5) is 14.5 Å². The fourth-order valence-electron chi connectivity index (χ4n) is 4.17. The van der Waals surface area contributed by atoms with Gasteiger partial charge in [0.1, 0.15) is 17.4 Å². The molecule has 0 saturated carbocycles. The average Bonchev–Trinajstić information content (AvgIpc) is 3.32. The zero-order chi connectivity index (χ0) is 26.9. The number of aliphatic hydroxyl groups is 1. The van der Waals surface area contributed by atoms with Gasteiger partial charge in [0.15, 0.2) is 0 Å². The van der Waals surface area contributed by atoms with Crippen molar-refractivity contribution >= 4 is 23.2 Å². The first-order valence-electron chi connectivity index (χ1n) is 11.5. The predicted molar refractivity (Wildman–Crippen MR) is 139 cm³/mol. The number of methoxy groups -OCH3 is 1. The van der Waals surface area contributed by atoms with Gasteiger partial charge in [0.25, 0.3) is 5.91 Å². The molecule has 37 heavy (non-hydrogen) atoms. The molecule has 4 aromatic rings. The summed E-state index contributed by atoms with van der Waals surface area (Å²) in [4.78, 5) is 17.7. The largest absolute Gasteiger partial charge is 0.496 e. The van der Waals surface area contributed by atoms with Crippen LogP contribution in [0.2, 0.25) is 5.02 Å². The van der Waals surface area contributed by atoms with Gasteiger partial charge >= 0.3 is 0 Å². The van der Waals surface area contributed by atoms with Crippen molar-refractivity contribution in [2.75, 3.05) is 12.4 Å². The summed E-state index contributed by atoms with van der Waals surface area (Å²) >= 11 is 6.10. The molecule has 0 aliphatic heterocycles. The van der Waals surface area contributed by atoms with Crippen LogP contribution in [0, 0.1) is 11.6 Å². The number of benzene rings is 3. The first-order valence-corrected chi connectivity index (χ1v) is 11.9. The van der Waals surface area contributed by atoms with Crippen molar-refractivity contribution < 1.29 is 23.4 Å². The van der Waals surface area contributed by atoms with Gasteiger partial charge in [-0.25, -0.2) is 13.8 Å². The highest BCUT2D eigenvalue weighted by atomic mass is 35.5. The number of amides is 1. The van der Waals surface area contributed by atoms with Crippen LogP contribution in [-0.2, 0) is 5.41 Å². The van der Waals surface area contributed by atoms with Gasteiger partial charge in [0, 0.05) is 16.7 Å². The first-order chi connectivity index (χ1) is 17.5. The van der Waals surface area contributed by atoms with Crippen molar-refractivity contribution in [2.24, 2.45) is 0 Å². The standard InChI is InChI=1S/C28H26ClF2N3O3/c1-16(35)21-11-5-17(13-24(21)37-4)28(2,3)25-15-32-26(34(25)20-9-6-18(30)7-10-20)27(36)33-23-12-8-19(31)14-22(23)29/h5-16,35H,1-4H3,(H,33,36). The second kappa shape index (κ2) is 10.3. The smallest absolute Gasteiger partial charge is 0.292 e. The van der Waals surface area contributed by atoms with Crippen molar-refractivity contribution in [1.29, 1.82) is 0 Å². The second-order valence-corrected chi connectivity index (χ2v) is 9.52. The predicted octanol–water partition coefficient (Wildman–Crippen LogP) is 6.44. The van der Waals surface area contributed by atoms with Gasteiger partial charge in [0.2, 0.25) is 5.82 Å². The Morgan fingerprint density at radius 3 is 2.38 bits per heavy atom. The molecule has 1 atom stereocenters. The number of nitrogens with zero attached hydrogens (tertiary/aromatic N) is 2. The molecule has 3 aromatic carbocycles. The molecular weight excluding hydrogens is 500 g/mol. The van der Waals surface area contributed by atoms with E-state index in [1.807, 2.05) is 26.0 Å². The van der Waals surface area contributed by atoms with Crippen LogP contribution in [0.5, 0.6) is 5.75 Å². The van der Waals surface area contributed by atoms with Gasteiger partial charge in [0.05, 0.1) is 35.8 Å². The second-order valence-electron chi connectivity index (χ2n) is 9.11. The number of hydrogen-bond donors (Lipinski definition) is 2. The Kier molecular flexibility index (Phi) is 7.34. The van der Waals surface area contributed by atoms with E-state index in [9.17, 15) is 18.7 Å². The SMILES string of the molecule is COc1cc(C(C)(C)c2cnc(C(=O)Nc3ccc(F)cc3Cl)n2-c2ccc(F)cc2)ccc1C(C)O. The quantitative estimate of drug-likeness (QED) is 0.291. The Hall–Kier alpha value is -3.75. The lowest BCUT2D eigenvalue weighted by Crippen LogP contribution is -2.26. The first kappa shape index (κ1) is 26.3. The zero-order valence-electron chi connectivity index (χ0n) is 20.7. The zero-order valence-corrected chi connectivity index (χ0v) is 21.5. The maximum Gasteiger partial charge on any atom is 0.292 e. The molecule has 192 valence electrons. The third-order valence-electron chi connectivity index (χ3n) is 6.27. The fourth-order valence-corrected chi connectivity index (χ4v) is 4.38. The summed E-state index contributed by atoms with van der Waals surface area (Å²) in [6.07, 6.45) is 0.866. The number of nitrogens with one attached hydrogen (secondary N) is 1. The molecule has 0 aliphatic rings. The number of hydrogen-bond acceptors (Lipinski definition) is 4. The van der Waals surface area contributed by atoms with Crippen LogP contribution in [0.3, 0.4) is 0 Å². The monoisotopic (exact) mass is 525 g/mol. The van der Waals surface area contributed by atoms with Gasteiger partial charge < -0.3 is 15.2 Å². The fraction of sp³-hybridized carbons (Fsp3) is 0.214. The van der Waals surface area contributed by atoms with Gasteiger partial charge in [-0.3, -0.25) is 9.36 Å². The summed E-state index contributed by atoms with van der Waals surface area (Å²) in [7, 11) is 1.53. The molecule has 1 heterocycles. The summed E-state index contributed by atoms with van der Waals surface area (Å²) in [5.41, 5.74) is 2.15. The minimum atomic E-state index is -0.717. The van der Waals surface area contributed by atoms with E-state index in [2.05, 4.69) is 10.3 Å². The van der Waals surface area contributed by atoms with E-state index in [4.69, 9.17) is 16.3 Å². The van der Waals surface area contributed by atoms with Crippen LogP contribution < -0.4 is 10.1 Å². The van der Waals surface area contributed by atoms with E-state index in [0.29, 0.717) is 22.7 Å². The summed E-state index contributed by atoms with van der Waals surface area (Å²) < 4.78 is 34.4. The average molecular weight is 526 g/mol. The Labute approximate surface area is 218 Å². The summed E-state index contributed by atoms with van der Waals surface area (Å²) in [6, 6.07) is 14.9. The number of aliphatic hydroxyl groups excluding tert-OH is 1. The number of halogens is 3. The summed E-state index contributed by atoms with van der Waals surface area (Å²) in [5, 5.41) is 12.8. The molecule has 0 saturated heterocycles. The third-order valence-corrected chi connectivity index (χ3v) is 6.59. The van der Waals surface area contributed by atoms with Crippen molar-refractivity contribution in [3.63, 3.8) is 0 Å². The lowest BCUT2D eigenvalue weighted by atomic mass is 9.80. The van der Waals surface area contributed by atoms with Crippen LogP contribution in [0.1, 0.15) is 54.3 Å². The van der Waals surface area contributed by atoms with E-state index >= 15 is 0 Å². The van der Waals surface area contributed by atoms with Crippen LogP contribution >= 0.6 is 11.6 Å². The van der Waals surface area contributed by atoms with Crippen LogP contribution in [0.25, 0.3) is 5.69 Å². The minimum Gasteiger partial charge on any atom is -0.496 e. The molecule has 6 nitrogen and oxygen atoms in total. The Morgan fingerprint density at radius 1 is 1.08 bits per heavy atom. The number of carbonyl (C=O) groups excluding carboxylic acids is 1. The van der Waals surface area contributed by atoms with E-state index in [-0.39, 0.29) is 16.5 Å². The number of ether oxygens (including phenoxy) is 1. The van der Waals surface area contributed by atoms with E-state index in [1.54, 1.807) is 35.9 Å². The molecule has 4 rings (SSSR count). The van der Waals surface area contributed by atoms with Gasteiger partial charge in [-0.05, 0) is 61.0 Å². The maximum absolute atomic E-state index is 13.8. The highest BCUT2D eigenvalue weighted by Gasteiger charge is 2.32. The van der Waals surface area contributed by atoms with E-state index < -0.39 is 29.1 Å². The topological polar surface area (TPSA) is 76.4 Å². The van der Waals surface area contributed by atoms with Gasteiger partial charge in [-0.15, -0.1) is 0 Å². The minimum absolute atomic E-state index is 0.0302. The molecule has 1 amide bonds. The van der Waals surface area contributed by atoms with Crippen LogP contribution in [-0.4, -0.2) is 27.7 Å². The highest BCUT2D eigenvalue weighted by molar-refractivity contribution is 6.33. The van der Waals surface area contributed by atoms with Crippen molar-refractivity contribution in [1.82, 2.24) is 9.55 Å². The Morgan fingerprint density at radius 2 is 1.76 bits per heavy atom. The van der Waals surface area contributed by atoms with Gasteiger partial charge in [-0.2, -0.15) is 0 Å². The summed E-state index contributed by atoms with van der Waals surface area (Å²) in [6.45, 7) is 5.57. The lowest BCUT2D eigenvalue weighted by molar-refractivity contribution is 0.101. The molecule has 1 aromatic heterocycles. The third kappa shape index (κ3) is 5.21. The van der Waals surface area contributed by atoms with E-state index in [0.717, 1.165) is 11.6 Å². The summed E-state index contributed by atoms with van der Waals surface area (Å²) in [5.74, 6) is -0.981. The van der Waals surface area contributed by atoms with E-state index in [1.165, 1.54) is 31.4 Å². The number of imidazole rings is 1. The molecule has 0 aliphatic carbocycles. The van der Waals surface area contributed by atoms with Crippen molar-refractivity contribution in [2.45, 2.75) is 32.3 Å². The Balaban J connectivity index is 1.84. The number of aromatic nitrogens is 2. The molecule has 0 fully saturated rings.